The van der Waals surface area contributed by atoms with Crippen LogP contribution in [0.1, 0.15) is 12.5 Å². The summed E-state index contributed by atoms with van der Waals surface area (Å²) in [6.45, 7) is 3.68. The standard InChI is InChI=1S/C17H21ClN2O5S2/c1-5-25-16-9-7-13(18)10-17(16)26(21,22)19-15-11-14(8-6-12(15)2)27(23,24)20(3)4/h6-11,19H,5H2,1-4H3. The average Bonchev–Trinajstić information content (AvgIpc) is 2.58. The Bertz CT molecular complexity index is 1050. The van der Waals surface area contributed by atoms with Crippen molar-refractivity contribution in [3.8, 4) is 5.75 Å². The Morgan fingerprint density at radius 1 is 1.07 bits per heavy atom. The lowest BCUT2D eigenvalue weighted by Crippen LogP contribution is -2.22. The van der Waals surface area contributed by atoms with Gasteiger partial charge in [0.05, 0.1) is 17.2 Å². The molecule has 0 amide bonds. The van der Waals surface area contributed by atoms with E-state index < -0.39 is 20.0 Å². The minimum atomic E-state index is -4.06. The van der Waals surface area contributed by atoms with E-state index in [1.165, 1.54) is 50.5 Å². The normalized spacial score (nSPS) is 12.2. The van der Waals surface area contributed by atoms with Gasteiger partial charge in [-0.05, 0) is 49.7 Å². The van der Waals surface area contributed by atoms with Crippen molar-refractivity contribution in [1.29, 1.82) is 0 Å². The second-order valence-electron chi connectivity index (χ2n) is 5.89. The molecule has 0 aliphatic heterocycles. The van der Waals surface area contributed by atoms with Crippen LogP contribution in [0.2, 0.25) is 5.02 Å². The molecule has 0 unspecified atom stereocenters. The average molecular weight is 433 g/mol. The molecule has 0 aromatic heterocycles. The van der Waals surface area contributed by atoms with Gasteiger partial charge in [0.25, 0.3) is 10.0 Å². The van der Waals surface area contributed by atoms with E-state index in [0.29, 0.717) is 5.56 Å². The van der Waals surface area contributed by atoms with E-state index in [0.717, 1.165) is 4.31 Å². The highest BCUT2D eigenvalue weighted by Gasteiger charge is 2.23. The van der Waals surface area contributed by atoms with Crippen LogP contribution >= 0.6 is 11.6 Å². The fourth-order valence-electron chi connectivity index (χ4n) is 2.25. The first kappa shape index (κ1) is 21.5. The lowest BCUT2D eigenvalue weighted by Gasteiger charge is -2.16. The highest BCUT2D eigenvalue weighted by atomic mass is 35.5. The minimum absolute atomic E-state index is 0.0214. The van der Waals surface area contributed by atoms with Crippen LogP contribution in [0.3, 0.4) is 0 Å². The van der Waals surface area contributed by atoms with Crippen LogP contribution in [0, 0.1) is 6.92 Å². The monoisotopic (exact) mass is 432 g/mol. The molecular weight excluding hydrogens is 412 g/mol. The number of sulfonamides is 2. The van der Waals surface area contributed by atoms with Crippen molar-refractivity contribution in [2.75, 3.05) is 25.4 Å². The highest BCUT2D eigenvalue weighted by molar-refractivity contribution is 7.92. The number of ether oxygens (including phenoxy) is 1. The lowest BCUT2D eigenvalue weighted by molar-refractivity contribution is 0.331. The Labute approximate surface area is 165 Å². The fourth-order valence-corrected chi connectivity index (χ4v) is 4.71. The molecule has 1 N–H and O–H groups in total. The van der Waals surface area contributed by atoms with E-state index in [2.05, 4.69) is 4.72 Å². The summed E-state index contributed by atoms with van der Waals surface area (Å²) in [6.07, 6.45) is 0. The number of nitrogens with one attached hydrogen (secondary N) is 1. The van der Waals surface area contributed by atoms with Crippen molar-refractivity contribution in [3.05, 3.63) is 47.0 Å². The van der Waals surface area contributed by atoms with Crippen LogP contribution in [0.25, 0.3) is 0 Å². The zero-order chi connectivity index (χ0) is 20.4. The van der Waals surface area contributed by atoms with Gasteiger partial charge in [0.1, 0.15) is 10.6 Å². The first-order valence-electron chi connectivity index (χ1n) is 7.97. The quantitative estimate of drug-likeness (QED) is 0.725. The summed E-state index contributed by atoms with van der Waals surface area (Å²) >= 11 is 5.94. The van der Waals surface area contributed by atoms with Gasteiger partial charge in [-0.25, -0.2) is 21.1 Å². The molecule has 2 aromatic carbocycles. The van der Waals surface area contributed by atoms with Gasteiger partial charge in [-0.1, -0.05) is 17.7 Å². The molecule has 27 heavy (non-hydrogen) atoms. The smallest absolute Gasteiger partial charge is 0.265 e. The Balaban J connectivity index is 2.52. The molecule has 0 spiro atoms. The molecule has 0 aliphatic rings. The number of hydrogen-bond acceptors (Lipinski definition) is 5. The van der Waals surface area contributed by atoms with Gasteiger partial charge in [-0.15, -0.1) is 0 Å². The Morgan fingerprint density at radius 3 is 2.33 bits per heavy atom. The largest absolute Gasteiger partial charge is 0.492 e. The third-order valence-corrected chi connectivity index (χ3v) is 7.16. The Hall–Kier alpha value is -1.81. The zero-order valence-electron chi connectivity index (χ0n) is 15.4. The van der Waals surface area contributed by atoms with E-state index in [9.17, 15) is 16.8 Å². The topological polar surface area (TPSA) is 92.8 Å². The van der Waals surface area contributed by atoms with Crippen molar-refractivity contribution < 1.29 is 21.6 Å². The van der Waals surface area contributed by atoms with E-state index in [1.807, 2.05) is 0 Å². The van der Waals surface area contributed by atoms with Crippen LogP contribution in [0.15, 0.2) is 46.2 Å². The number of rotatable bonds is 7. The number of aryl methyl sites for hydroxylation is 1. The van der Waals surface area contributed by atoms with Crippen molar-refractivity contribution in [1.82, 2.24) is 4.31 Å². The maximum atomic E-state index is 12.9. The summed E-state index contributed by atoms with van der Waals surface area (Å²) in [4.78, 5) is -0.149. The maximum absolute atomic E-state index is 12.9. The molecule has 0 fully saturated rings. The van der Waals surface area contributed by atoms with Crippen molar-refractivity contribution in [3.63, 3.8) is 0 Å². The molecule has 10 heteroatoms. The fraction of sp³-hybridized carbons (Fsp3) is 0.294. The molecule has 7 nitrogen and oxygen atoms in total. The van der Waals surface area contributed by atoms with E-state index in [-0.39, 0.29) is 32.9 Å². The summed E-state index contributed by atoms with van der Waals surface area (Å²) < 4.78 is 59.3. The Kier molecular flexibility index (Phi) is 6.41. The second-order valence-corrected chi connectivity index (χ2v) is 10.1. The molecule has 0 saturated heterocycles. The summed E-state index contributed by atoms with van der Waals surface area (Å²) in [5, 5.41) is 0.236. The van der Waals surface area contributed by atoms with Gasteiger partial charge in [0.2, 0.25) is 10.0 Å². The molecule has 0 saturated carbocycles. The molecule has 0 bridgehead atoms. The minimum Gasteiger partial charge on any atom is -0.492 e. The highest BCUT2D eigenvalue weighted by Crippen LogP contribution is 2.30. The molecule has 148 valence electrons. The summed E-state index contributed by atoms with van der Waals surface area (Å²) in [5.74, 6) is 0.157. The van der Waals surface area contributed by atoms with Crippen molar-refractivity contribution >= 4 is 37.3 Å². The van der Waals surface area contributed by atoms with Crippen molar-refractivity contribution in [2.45, 2.75) is 23.6 Å². The van der Waals surface area contributed by atoms with Gasteiger partial charge in [-0.2, -0.15) is 0 Å². The lowest BCUT2D eigenvalue weighted by atomic mass is 10.2. The van der Waals surface area contributed by atoms with Crippen LogP contribution in [0.4, 0.5) is 5.69 Å². The molecule has 2 rings (SSSR count). The summed E-state index contributed by atoms with van der Waals surface area (Å²) in [7, 11) is -4.96. The molecule has 0 radical (unpaired) electrons. The number of halogens is 1. The summed E-state index contributed by atoms with van der Waals surface area (Å²) in [6, 6.07) is 8.53. The van der Waals surface area contributed by atoms with Gasteiger partial charge >= 0.3 is 0 Å². The van der Waals surface area contributed by atoms with Crippen LogP contribution in [0.5, 0.6) is 5.75 Å². The third-order valence-electron chi connectivity index (χ3n) is 3.73. The number of benzene rings is 2. The molecule has 0 atom stereocenters. The van der Waals surface area contributed by atoms with Crippen LogP contribution < -0.4 is 9.46 Å². The maximum Gasteiger partial charge on any atom is 0.265 e. The van der Waals surface area contributed by atoms with Gasteiger partial charge in [0.15, 0.2) is 0 Å². The molecular formula is C17H21ClN2O5S2. The van der Waals surface area contributed by atoms with Gasteiger partial charge in [0, 0.05) is 19.1 Å². The first-order chi connectivity index (χ1) is 12.5. The number of hydrogen-bond donors (Lipinski definition) is 1. The van der Waals surface area contributed by atoms with Crippen molar-refractivity contribution in [2.24, 2.45) is 0 Å². The number of anilines is 1. The van der Waals surface area contributed by atoms with Crippen LogP contribution in [-0.4, -0.2) is 41.8 Å². The van der Waals surface area contributed by atoms with E-state index in [4.69, 9.17) is 16.3 Å². The predicted molar refractivity (Wildman–Crippen MR) is 105 cm³/mol. The van der Waals surface area contributed by atoms with Gasteiger partial charge in [-0.3, -0.25) is 4.72 Å². The SMILES string of the molecule is CCOc1ccc(Cl)cc1S(=O)(=O)Nc1cc(S(=O)(=O)N(C)C)ccc1C. The molecule has 2 aromatic rings. The second kappa shape index (κ2) is 8.05. The number of nitrogens with zero attached hydrogens (tertiary/aromatic N) is 1. The predicted octanol–water partition coefficient (Wildman–Crippen LogP) is 3.10. The third kappa shape index (κ3) is 4.73. The first-order valence-corrected chi connectivity index (χ1v) is 11.3. The van der Waals surface area contributed by atoms with Crippen LogP contribution in [-0.2, 0) is 20.0 Å². The van der Waals surface area contributed by atoms with E-state index in [1.54, 1.807) is 13.8 Å². The zero-order valence-corrected chi connectivity index (χ0v) is 17.7. The Morgan fingerprint density at radius 2 is 1.74 bits per heavy atom. The molecule has 0 heterocycles. The summed E-state index contributed by atoms with van der Waals surface area (Å²) in [5.41, 5.74) is 0.719. The molecule has 0 aliphatic carbocycles. The van der Waals surface area contributed by atoms with Gasteiger partial charge < -0.3 is 4.74 Å². The van der Waals surface area contributed by atoms with E-state index >= 15 is 0 Å².